The number of nitrogens with one attached hydrogen (secondary N) is 2. The molecule has 0 radical (unpaired) electrons. The van der Waals surface area contributed by atoms with E-state index in [-0.39, 0.29) is 12.1 Å². The molecule has 1 aliphatic rings. The van der Waals surface area contributed by atoms with Crippen LogP contribution in [-0.2, 0) is 11.3 Å². The van der Waals surface area contributed by atoms with Gasteiger partial charge in [0.05, 0.1) is 0 Å². The number of alkyl carbamates (subject to hydrolysis) is 1. The van der Waals surface area contributed by atoms with Gasteiger partial charge in [-0.05, 0) is 31.1 Å². The van der Waals surface area contributed by atoms with Gasteiger partial charge in [0.15, 0.2) is 0 Å². The van der Waals surface area contributed by atoms with Crippen molar-refractivity contribution in [2.45, 2.75) is 51.4 Å². The van der Waals surface area contributed by atoms with Gasteiger partial charge in [0, 0.05) is 23.9 Å². The molecule has 0 aliphatic heterocycles. The molecule has 22 heavy (non-hydrogen) atoms. The molecule has 0 saturated heterocycles. The first-order valence-corrected chi connectivity index (χ1v) is 9.13. The highest BCUT2D eigenvalue weighted by molar-refractivity contribution is 7.99. The van der Waals surface area contributed by atoms with Crippen molar-refractivity contribution >= 4 is 17.9 Å². The lowest BCUT2D eigenvalue weighted by Gasteiger charge is -2.37. The zero-order chi connectivity index (χ0) is 15.8. The van der Waals surface area contributed by atoms with Crippen molar-refractivity contribution in [3.63, 3.8) is 0 Å². The summed E-state index contributed by atoms with van der Waals surface area (Å²) in [6.45, 7) is 4.73. The lowest BCUT2D eigenvalue weighted by atomic mass is 9.86. The Hall–Kier alpha value is -1.20. The highest BCUT2D eigenvalue weighted by Gasteiger charge is 2.31. The Morgan fingerprint density at radius 2 is 2.05 bits per heavy atom. The predicted octanol–water partition coefficient (Wildman–Crippen LogP) is 3.18. The summed E-state index contributed by atoms with van der Waals surface area (Å²) in [4.78, 5) is 11.7. The molecule has 1 aliphatic carbocycles. The average Bonchev–Trinajstić information content (AvgIpc) is 2.50. The van der Waals surface area contributed by atoms with E-state index < -0.39 is 0 Å². The molecule has 1 fully saturated rings. The fourth-order valence-electron chi connectivity index (χ4n) is 2.55. The first-order valence-electron chi connectivity index (χ1n) is 7.98. The second-order valence-corrected chi connectivity index (χ2v) is 7.12. The van der Waals surface area contributed by atoms with E-state index in [4.69, 9.17) is 4.74 Å². The Kier molecular flexibility index (Phi) is 7.06. The number of rotatable bonds is 8. The maximum atomic E-state index is 11.7. The second-order valence-electron chi connectivity index (χ2n) is 5.80. The Morgan fingerprint density at radius 3 is 2.73 bits per heavy atom. The molecule has 122 valence electrons. The van der Waals surface area contributed by atoms with Gasteiger partial charge in [0.2, 0.25) is 0 Å². The standard InChI is InChI=1S/C17H26N2O2S/c1-3-22-12-13(2)18-15-9-16(10-15)19-17(20)21-11-14-7-5-4-6-8-14/h4-8,13,15-16,18H,3,9-12H2,1-2H3,(H,19,20). The summed E-state index contributed by atoms with van der Waals surface area (Å²) in [5, 5.41) is 6.53. The van der Waals surface area contributed by atoms with Crippen LogP contribution in [0, 0.1) is 0 Å². The summed E-state index contributed by atoms with van der Waals surface area (Å²) < 4.78 is 5.23. The fourth-order valence-corrected chi connectivity index (χ4v) is 3.23. The molecule has 1 amide bonds. The third kappa shape index (κ3) is 5.89. The van der Waals surface area contributed by atoms with E-state index in [2.05, 4.69) is 24.5 Å². The van der Waals surface area contributed by atoms with Crippen molar-refractivity contribution in [3.05, 3.63) is 35.9 Å². The molecule has 1 aromatic carbocycles. The van der Waals surface area contributed by atoms with Gasteiger partial charge < -0.3 is 15.4 Å². The van der Waals surface area contributed by atoms with Crippen LogP contribution in [0.25, 0.3) is 0 Å². The number of thioether (sulfide) groups is 1. The van der Waals surface area contributed by atoms with E-state index in [0.717, 1.165) is 29.9 Å². The predicted molar refractivity (Wildman–Crippen MR) is 92.2 cm³/mol. The third-order valence-corrected chi connectivity index (χ3v) is 4.91. The Labute approximate surface area is 137 Å². The zero-order valence-corrected chi connectivity index (χ0v) is 14.2. The highest BCUT2D eigenvalue weighted by Crippen LogP contribution is 2.21. The van der Waals surface area contributed by atoms with Crippen molar-refractivity contribution in [3.8, 4) is 0 Å². The molecule has 1 aromatic rings. The van der Waals surface area contributed by atoms with Gasteiger partial charge >= 0.3 is 6.09 Å². The summed E-state index contributed by atoms with van der Waals surface area (Å²) in [6.07, 6.45) is 1.66. The number of amides is 1. The largest absolute Gasteiger partial charge is 0.445 e. The molecular formula is C17H26N2O2S. The van der Waals surface area contributed by atoms with Crippen LogP contribution < -0.4 is 10.6 Å². The Balaban J connectivity index is 1.56. The molecule has 0 spiro atoms. The van der Waals surface area contributed by atoms with Crippen molar-refractivity contribution < 1.29 is 9.53 Å². The van der Waals surface area contributed by atoms with Gasteiger partial charge in [0.25, 0.3) is 0 Å². The van der Waals surface area contributed by atoms with Crippen LogP contribution in [0.1, 0.15) is 32.3 Å². The number of benzene rings is 1. The fraction of sp³-hybridized carbons (Fsp3) is 0.588. The maximum absolute atomic E-state index is 11.7. The molecule has 1 unspecified atom stereocenters. The van der Waals surface area contributed by atoms with Gasteiger partial charge in [-0.1, -0.05) is 37.3 Å². The number of carbonyl (C=O) groups excluding carboxylic acids is 1. The lowest BCUT2D eigenvalue weighted by molar-refractivity contribution is 0.125. The van der Waals surface area contributed by atoms with E-state index in [1.54, 1.807) is 0 Å². The van der Waals surface area contributed by atoms with Gasteiger partial charge in [-0.15, -0.1) is 0 Å². The number of carbonyl (C=O) groups is 1. The number of hydrogen-bond donors (Lipinski definition) is 2. The summed E-state index contributed by atoms with van der Waals surface area (Å²) in [7, 11) is 0. The highest BCUT2D eigenvalue weighted by atomic mass is 32.2. The van der Waals surface area contributed by atoms with Crippen molar-refractivity contribution in [2.75, 3.05) is 11.5 Å². The normalized spacial score (nSPS) is 21.7. The van der Waals surface area contributed by atoms with Crippen LogP contribution in [0.3, 0.4) is 0 Å². The first-order chi connectivity index (χ1) is 10.7. The van der Waals surface area contributed by atoms with E-state index >= 15 is 0 Å². The van der Waals surface area contributed by atoms with Crippen LogP contribution in [-0.4, -0.2) is 35.7 Å². The van der Waals surface area contributed by atoms with Crippen molar-refractivity contribution in [2.24, 2.45) is 0 Å². The Bertz CT molecular complexity index is 449. The molecular weight excluding hydrogens is 296 g/mol. The molecule has 0 bridgehead atoms. The van der Waals surface area contributed by atoms with Crippen LogP contribution in [0.15, 0.2) is 30.3 Å². The minimum Gasteiger partial charge on any atom is -0.445 e. The summed E-state index contributed by atoms with van der Waals surface area (Å²) in [5.41, 5.74) is 1.01. The summed E-state index contributed by atoms with van der Waals surface area (Å²) in [6, 6.07) is 11.0. The molecule has 0 aromatic heterocycles. The Morgan fingerprint density at radius 1 is 1.32 bits per heavy atom. The smallest absolute Gasteiger partial charge is 0.407 e. The van der Waals surface area contributed by atoms with Crippen molar-refractivity contribution in [1.29, 1.82) is 0 Å². The minimum absolute atomic E-state index is 0.242. The van der Waals surface area contributed by atoms with E-state index in [1.807, 2.05) is 42.1 Å². The molecule has 1 atom stereocenters. The molecule has 1 saturated carbocycles. The molecule has 4 nitrogen and oxygen atoms in total. The van der Waals surface area contributed by atoms with E-state index in [0.29, 0.717) is 18.7 Å². The topological polar surface area (TPSA) is 50.4 Å². The lowest BCUT2D eigenvalue weighted by Crippen LogP contribution is -2.54. The summed E-state index contributed by atoms with van der Waals surface area (Å²) in [5.74, 6) is 2.30. The monoisotopic (exact) mass is 322 g/mol. The van der Waals surface area contributed by atoms with Crippen LogP contribution in [0.5, 0.6) is 0 Å². The van der Waals surface area contributed by atoms with Gasteiger partial charge in [0.1, 0.15) is 6.61 Å². The molecule has 5 heteroatoms. The van der Waals surface area contributed by atoms with Gasteiger partial charge in [-0.25, -0.2) is 4.79 Å². The van der Waals surface area contributed by atoms with Crippen LogP contribution >= 0.6 is 11.8 Å². The van der Waals surface area contributed by atoms with E-state index in [9.17, 15) is 4.79 Å². The quantitative estimate of drug-likeness (QED) is 0.772. The van der Waals surface area contributed by atoms with Gasteiger partial charge in [-0.2, -0.15) is 11.8 Å². The molecule has 2 rings (SSSR count). The number of hydrogen-bond acceptors (Lipinski definition) is 4. The molecule has 2 N–H and O–H groups in total. The van der Waals surface area contributed by atoms with Crippen LogP contribution in [0.2, 0.25) is 0 Å². The maximum Gasteiger partial charge on any atom is 0.407 e. The molecule has 0 heterocycles. The zero-order valence-electron chi connectivity index (χ0n) is 13.4. The SMILES string of the molecule is CCSCC(C)NC1CC(NC(=O)OCc2ccccc2)C1. The van der Waals surface area contributed by atoms with Gasteiger partial charge in [-0.3, -0.25) is 0 Å². The van der Waals surface area contributed by atoms with Crippen LogP contribution in [0.4, 0.5) is 4.79 Å². The average molecular weight is 322 g/mol. The number of ether oxygens (including phenoxy) is 1. The third-order valence-electron chi connectivity index (χ3n) is 3.76. The first kappa shape index (κ1) is 17.2. The second kappa shape index (κ2) is 9.06. The summed E-state index contributed by atoms with van der Waals surface area (Å²) >= 11 is 1.96. The van der Waals surface area contributed by atoms with Crippen molar-refractivity contribution in [1.82, 2.24) is 10.6 Å². The minimum atomic E-state index is -0.318. The van der Waals surface area contributed by atoms with E-state index in [1.165, 1.54) is 0 Å².